The molecule has 0 N–H and O–H groups in total. The summed E-state index contributed by atoms with van der Waals surface area (Å²) in [7, 11) is 2.04. The summed E-state index contributed by atoms with van der Waals surface area (Å²) in [5.41, 5.74) is 3.03. The second-order valence-electron chi connectivity index (χ2n) is 4.16. The standard InChI is InChI=1S/C15H14BrNO/c1-17(10-13-4-2-3-5-15(13)16)14-8-6-12(11-18)7-9-14/h2-9,11H,10H2,1H3. The Labute approximate surface area is 115 Å². The summed E-state index contributed by atoms with van der Waals surface area (Å²) in [6.07, 6.45) is 0.859. The van der Waals surface area contributed by atoms with Gasteiger partial charge in [-0.2, -0.15) is 0 Å². The van der Waals surface area contributed by atoms with E-state index in [0.29, 0.717) is 5.56 Å². The fraction of sp³-hybridized carbons (Fsp3) is 0.133. The maximum absolute atomic E-state index is 10.6. The zero-order valence-corrected chi connectivity index (χ0v) is 11.7. The quantitative estimate of drug-likeness (QED) is 0.799. The smallest absolute Gasteiger partial charge is 0.150 e. The molecule has 0 unspecified atom stereocenters. The van der Waals surface area contributed by atoms with Gasteiger partial charge in [-0.3, -0.25) is 4.79 Å². The first-order valence-corrected chi connectivity index (χ1v) is 6.50. The van der Waals surface area contributed by atoms with E-state index in [9.17, 15) is 4.79 Å². The molecule has 18 heavy (non-hydrogen) atoms. The van der Waals surface area contributed by atoms with Gasteiger partial charge in [0.2, 0.25) is 0 Å². The van der Waals surface area contributed by atoms with E-state index >= 15 is 0 Å². The predicted molar refractivity (Wildman–Crippen MR) is 78.1 cm³/mol. The number of aldehydes is 1. The molecule has 2 aromatic rings. The molecule has 0 saturated carbocycles. The molecule has 0 saturated heterocycles. The molecule has 0 aliphatic carbocycles. The Bertz CT molecular complexity index is 536. The summed E-state index contributed by atoms with van der Waals surface area (Å²) in [6.45, 7) is 0.821. The molecule has 0 heterocycles. The van der Waals surface area contributed by atoms with Gasteiger partial charge in [0.05, 0.1) is 0 Å². The van der Waals surface area contributed by atoms with Gasteiger partial charge in [0.1, 0.15) is 6.29 Å². The highest BCUT2D eigenvalue weighted by atomic mass is 79.9. The van der Waals surface area contributed by atoms with Crippen molar-refractivity contribution in [3.05, 3.63) is 64.1 Å². The third-order valence-corrected chi connectivity index (χ3v) is 3.61. The van der Waals surface area contributed by atoms with Crippen LogP contribution in [0.4, 0.5) is 5.69 Å². The van der Waals surface area contributed by atoms with Gasteiger partial charge in [0, 0.05) is 29.3 Å². The topological polar surface area (TPSA) is 20.3 Å². The van der Waals surface area contributed by atoms with Crippen LogP contribution >= 0.6 is 15.9 Å². The van der Waals surface area contributed by atoms with E-state index in [1.54, 1.807) is 0 Å². The van der Waals surface area contributed by atoms with Crippen molar-refractivity contribution in [2.24, 2.45) is 0 Å². The molecule has 3 heteroatoms. The van der Waals surface area contributed by atoms with E-state index in [0.717, 1.165) is 23.0 Å². The lowest BCUT2D eigenvalue weighted by Gasteiger charge is -2.20. The average Bonchev–Trinajstić information content (AvgIpc) is 2.41. The van der Waals surface area contributed by atoms with Gasteiger partial charge in [-0.15, -0.1) is 0 Å². The Kier molecular flexibility index (Phi) is 4.15. The SMILES string of the molecule is CN(Cc1ccccc1Br)c1ccc(C=O)cc1. The zero-order valence-electron chi connectivity index (χ0n) is 10.1. The molecule has 0 aliphatic heterocycles. The van der Waals surface area contributed by atoms with Crippen molar-refractivity contribution in [1.82, 2.24) is 0 Å². The van der Waals surface area contributed by atoms with Crippen LogP contribution in [0.15, 0.2) is 53.0 Å². The number of hydrogen-bond acceptors (Lipinski definition) is 2. The van der Waals surface area contributed by atoms with Crippen LogP contribution in [-0.2, 0) is 6.54 Å². The van der Waals surface area contributed by atoms with Crippen molar-refractivity contribution in [3.63, 3.8) is 0 Å². The third kappa shape index (κ3) is 2.99. The van der Waals surface area contributed by atoms with Crippen molar-refractivity contribution in [1.29, 1.82) is 0 Å². The van der Waals surface area contributed by atoms with Crippen LogP contribution in [-0.4, -0.2) is 13.3 Å². The summed E-state index contributed by atoms with van der Waals surface area (Å²) in [4.78, 5) is 12.8. The fourth-order valence-electron chi connectivity index (χ4n) is 1.78. The van der Waals surface area contributed by atoms with Crippen LogP contribution in [0.2, 0.25) is 0 Å². The van der Waals surface area contributed by atoms with Gasteiger partial charge in [0.15, 0.2) is 0 Å². The monoisotopic (exact) mass is 303 g/mol. The van der Waals surface area contributed by atoms with Gasteiger partial charge in [-0.1, -0.05) is 34.1 Å². The molecule has 2 rings (SSSR count). The molecule has 2 aromatic carbocycles. The number of benzene rings is 2. The van der Waals surface area contributed by atoms with Gasteiger partial charge >= 0.3 is 0 Å². The largest absolute Gasteiger partial charge is 0.370 e. The van der Waals surface area contributed by atoms with Gasteiger partial charge in [-0.05, 0) is 35.9 Å². The maximum Gasteiger partial charge on any atom is 0.150 e. The van der Waals surface area contributed by atoms with Gasteiger partial charge in [-0.25, -0.2) is 0 Å². The van der Waals surface area contributed by atoms with Crippen molar-refractivity contribution in [2.75, 3.05) is 11.9 Å². The Balaban J connectivity index is 2.14. The minimum absolute atomic E-state index is 0.702. The molecule has 0 radical (unpaired) electrons. The molecular formula is C15H14BrNO. The van der Waals surface area contributed by atoms with Crippen LogP contribution in [0.1, 0.15) is 15.9 Å². The first-order chi connectivity index (χ1) is 8.70. The number of carbonyl (C=O) groups excluding carboxylic acids is 1. The summed E-state index contributed by atoms with van der Waals surface area (Å²) < 4.78 is 1.11. The molecule has 0 atom stereocenters. The summed E-state index contributed by atoms with van der Waals surface area (Å²) in [6, 6.07) is 15.8. The molecule has 0 amide bonds. The van der Waals surface area contributed by atoms with E-state index in [-0.39, 0.29) is 0 Å². The zero-order chi connectivity index (χ0) is 13.0. The lowest BCUT2D eigenvalue weighted by Crippen LogP contribution is -2.16. The van der Waals surface area contributed by atoms with Crippen LogP contribution in [0, 0.1) is 0 Å². The van der Waals surface area contributed by atoms with Crippen LogP contribution in [0.25, 0.3) is 0 Å². The minimum Gasteiger partial charge on any atom is -0.370 e. The van der Waals surface area contributed by atoms with E-state index in [1.807, 2.05) is 49.5 Å². The number of anilines is 1. The van der Waals surface area contributed by atoms with E-state index in [4.69, 9.17) is 0 Å². The molecule has 0 aliphatic rings. The average molecular weight is 304 g/mol. The molecule has 92 valence electrons. The number of rotatable bonds is 4. The second kappa shape index (κ2) is 5.83. The first kappa shape index (κ1) is 12.8. The van der Waals surface area contributed by atoms with Crippen molar-refractivity contribution < 1.29 is 4.79 Å². The lowest BCUT2D eigenvalue weighted by molar-refractivity contribution is 0.112. The van der Waals surface area contributed by atoms with Crippen molar-refractivity contribution >= 4 is 27.9 Å². The Hall–Kier alpha value is -1.61. The summed E-state index contributed by atoms with van der Waals surface area (Å²) in [5, 5.41) is 0. The highest BCUT2D eigenvalue weighted by Crippen LogP contribution is 2.21. The lowest BCUT2D eigenvalue weighted by atomic mass is 10.2. The van der Waals surface area contributed by atoms with Gasteiger partial charge in [0.25, 0.3) is 0 Å². The Morgan fingerprint density at radius 1 is 1.11 bits per heavy atom. The number of nitrogens with zero attached hydrogens (tertiary/aromatic N) is 1. The Morgan fingerprint density at radius 3 is 2.39 bits per heavy atom. The first-order valence-electron chi connectivity index (χ1n) is 5.70. The maximum atomic E-state index is 10.6. The van der Waals surface area contributed by atoms with Crippen molar-refractivity contribution in [2.45, 2.75) is 6.54 Å². The molecule has 0 spiro atoms. The normalized spacial score (nSPS) is 10.1. The summed E-state index contributed by atoms with van der Waals surface area (Å²) >= 11 is 3.55. The predicted octanol–water partition coefficient (Wildman–Crippen LogP) is 3.90. The van der Waals surface area contributed by atoms with Crippen LogP contribution in [0.3, 0.4) is 0 Å². The molecule has 0 fully saturated rings. The second-order valence-corrected chi connectivity index (χ2v) is 5.01. The van der Waals surface area contributed by atoms with Crippen molar-refractivity contribution in [3.8, 4) is 0 Å². The van der Waals surface area contributed by atoms with Crippen LogP contribution < -0.4 is 4.90 Å². The number of halogens is 1. The molecule has 2 nitrogen and oxygen atoms in total. The highest BCUT2D eigenvalue weighted by Gasteiger charge is 2.04. The fourth-order valence-corrected chi connectivity index (χ4v) is 2.19. The minimum atomic E-state index is 0.702. The Morgan fingerprint density at radius 2 is 1.78 bits per heavy atom. The number of carbonyl (C=O) groups is 1. The molecule has 0 bridgehead atoms. The molecular weight excluding hydrogens is 290 g/mol. The van der Waals surface area contributed by atoms with Crippen LogP contribution in [0.5, 0.6) is 0 Å². The summed E-state index contributed by atoms with van der Waals surface area (Å²) in [5.74, 6) is 0. The van der Waals surface area contributed by atoms with E-state index in [2.05, 4.69) is 26.9 Å². The highest BCUT2D eigenvalue weighted by molar-refractivity contribution is 9.10. The van der Waals surface area contributed by atoms with E-state index in [1.165, 1.54) is 5.56 Å². The third-order valence-electron chi connectivity index (χ3n) is 2.84. The van der Waals surface area contributed by atoms with Gasteiger partial charge < -0.3 is 4.90 Å². The molecule has 0 aromatic heterocycles. The van der Waals surface area contributed by atoms with E-state index < -0.39 is 0 Å². The number of hydrogen-bond donors (Lipinski definition) is 0.